The number of rotatable bonds is 0. The van der Waals surface area contributed by atoms with E-state index in [2.05, 4.69) is 0 Å². The van der Waals surface area contributed by atoms with Crippen LogP contribution in [0.4, 0.5) is 0 Å². The van der Waals surface area contributed by atoms with Crippen LogP contribution < -0.4 is 103 Å². The molecule has 0 spiro atoms. The van der Waals surface area contributed by atoms with Crippen LogP contribution in [-0.2, 0) is 4.46 Å². The summed E-state index contributed by atoms with van der Waals surface area (Å²) in [7, 11) is -3.13. The molecule has 0 aromatic rings. The first-order valence-electron chi connectivity index (χ1n) is 0.651. The predicted octanol–water partition coefficient (Wildman–Crippen LogP) is -7.49. The zero-order valence-corrected chi connectivity index (χ0v) is 11.0. The Morgan fingerprint density at radius 3 is 1.33 bits per heavy atom. The Balaban J connectivity index is -0.0000000150. The minimum atomic E-state index is -3.13. The number of hydrogen-bond acceptors (Lipinski definition) is 1. The molecule has 0 aliphatic carbocycles. The van der Waals surface area contributed by atoms with Crippen LogP contribution in [0.1, 0.15) is 1.43 Å². The second-order valence-corrected chi connectivity index (χ2v) is 0.848. The third-order valence-electron chi connectivity index (χ3n) is 0. The van der Waals surface area contributed by atoms with Gasteiger partial charge in [-0.05, 0) is 0 Å². The molecule has 0 aromatic heterocycles. The minimum absolute atomic E-state index is 0. The summed E-state index contributed by atoms with van der Waals surface area (Å²) in [5.41, 5.74) is 0. The summed E-state index contributed by atoms with van der Waals surface area (Å²) in [5, 5.41) is 0. The Kier molecular flexibility index (Phi) is 28.7. The topological polar surface area (TPSA) is 57.5 Å². The second-order valence-electron chi connectivity index (χ2n) is 0.283. The monoisotopic (exact) mass is 157 g/mol. The van der Waals surface area contributed by atoms with E-state index >= 15 is 0 Å². The fourth-order valence-corrected chi connectivity index (χ4v) is 0. The van der Waals surface area contributed by atoms with Crippen molar-refractivity contribution in [2.24, 2.45) is 0 Å². The summed E-state index contributed by atoms with van der Waals surface area (Å²) < 4.78 is 8.74. The van der Waals surface area contributed by atoms with Crippen LogP contribution in [0, 0.1) is 0 Å². The predicted molar refractivity (Wildman–Crippen MR) is 12.0 cm³/mol. The minimum Gasteiger partial charge on any atom is -0.511 e. The van der Waals surface area contributed by atoms with Gasteiger partial charge >= 0.3 is 113 Å². The van der Waals surface area contributed by atoms with Gasteiger partial charge in [0.05, 0.1) is 0 Å². The average Bonchev–Trinajstić information content (AvgIpc) is 0.811. The quantitative estimate of drug-likeness (QED) is 0.344. The van der Waals surface area contributed by atoms with Gasteiger partial charge in [-0.25, -0.2) is 0 Å². The Morgan fingerprint density at radius 2 is 1.33 bits per heavy atom. The SMILES string of the molecule is O=[Si](O)O.[H+].[K+].[K+]. The molecule has 6 heavy (non-hydrogen) atoms. The third kappa shape index (κ3) is 28.6. The normalized spacial score (nSPS) is 4.00. The van der Waals surface area contributed by atoms with Crippen LogP contribution in [0.2, 0.25) is 0 Å². The molecule has 0 aliphatic rings. The third-order valence-corrected chi connectivity index (χ3v) is 0. The summed E-state index contributed by atoms with van der Waals surface area (Å²) in [6.07, 6.45) is 0. The van der Waals surface area contributed by atoms with Crippen LogP contribution in [0.3, 0.4) is 0 Å². The van der Waals surface area contributed by atoms with Crippen molar-refractivity contribution in [2.75, 3.05) is 0 Å². The molecule has 6 heteroatoms. The molecule has 0 unspecified atom stereocenters. The van der Waals surface area contributed by atoms with E-state index in [-0.39, 0.29) is 104 Å². The average molecular weight is 157 g/mol. The molecular weight excluding hydrogens is 154 g/mol. The molecule has 0 saturated heterocycles. The molecule has 0 aromatic carbocycles. The molecule has 0 heterocycles. The van der Waals surface area contributed by atoms with Crippen molar-refractivity contribution < 1.29 is 118 Å². The molecule has 0 fully saturated rings. The van der Waals surface area contributed by atoms with Gasteiger partial charge < -0.3 is 9.59 Å². The van der Waals surface area contributed by atoms with Crippen LogP contribution in [0.25, 0.3) is 0 Å². The fourth-order valence-electron chi connectivity index (χ4n) is 0. The molecule has 3 nitrogen and oxygen atoms in total. The van der Waals surface area contributed by atoms with E-state index in [0.717, 1.165) is 0 Å². The van der Waals surface area contributed by atoms with Crippen LogP contribution in [0.15, 0.2) is 0 Å². The standard InChI is InChI=1S/2K.H2O3Si/c;;1-4(2)3/h;;1-2H/q2*+1;/p+1. The Morgan fingerprint density at radius 1 is 1.33 bits per heavy atom. The Labute approximate surface area is 124 Å². The van der Waals surface area contributed by atoms with Gasteiger partial charge in [0, 0.05) is 0 Å². The molecule has 0 bridgehead atoms. The first kappa shape index (κ1) is 16.0. The zero-order chi connectivity index (χ0) is 3.58. The van der Waals surface area contributed by atoms with Gasteiger partial charge in [0.25, 0.3) is 0 Å². The first-order chi connectivity index (χ1) is 1.73. The maximum atomic E-state index is 8.74. The smallest absolute Gasteiger partial charge is 0.511 e. The summed E-state index contributed by atoms with van der Waals surface area (Å²) in [6.45, 7) is 0. The van der Waals surface area contributed by atoms with E-state index in [9.17, 15) is 0 Å². The van der Waals surface area contributed by atoms with Crippen molar-refractivity contribution >= 4 is 9.17 Å². The van der Waals surface area contributed by atoms with Crippen LogP contribution in [-0.4, -0.2) is 18.8 Å². The second kappa shape index (κ2) is 10.8. The van der Waals surface area contributed by atoms with Gasteiger partial charge in [0.2, 0.25) is 0 Å². The van der Waals surface area contributed by atoms with E-state index in [1.54, 1.807) is 0 Å². The van der Waals surface area contributed by atoms with E-state index in [0.29, 0.717) is 0 Å². The fraction of sp³-hybridized carbons (Fsp3) is 0. The molecule has 0 aliphatic heterocycles. The summed E-state index contributed by atoms with van der Waals surface area (Å²) in [5.74, 6) is 0. The summed E-state index contributed by atoms with van der Waals surface area (Å²) in [4.78, 5) is 14.3. The van der Waals surface area contributed by atoms with Gasteiger partial charge in [0.15, 0.2) is 0 Å². The van der Waals surface area contributed by atoms with Crippen molar-refractivity contribution in [3.8, 4) is 0 Å². The van der Waals surface area contributed by atoms with E-state index in [1.807, 2.05) is 0 Å². The van der Waals surface area contributed by atoms with Gasteiger partial charge in [-0.15, -0.1) is 0 Å². The summed E-state index contributed by atoms with van der Waals surface area (Å²) in [6, 6.07) is 0. The van der Waals surface area contributed by atoms with Gasteiger partial charge in [-0.2, -0.15) is 0 Å². The van der Waals surface area contributed by atoms with Crippen LogP contribution >= 0.6 is 0 Å². The molecule has 24 valence electrons. The molecule has 2 N–H and O–H groups in total. The molecule has 0 atom stereocenters. The molecule has 0 amide bonds. The maximum absolute atomic E-state index is 8.74. The van der Waals surface area contributed by atoms with E-state index in [1.165, 1.54) is 0 Å². The Hall–Kier alpha value is 2.89. The Bertz CT molecular complexity index is 35.9. The van der Waals surface area contributed by atoms with Crippen molar-refractivity contribution in [3.63, 3.8) is 0 Å². The first-order valence-corrected chi connectivity index (χ1v) is 1.95. The maximum Gasteiger partial charge on any atom is 1.00 e. The molecule has 0 radical (unpaired) electrons. The van der Waals surface area contributed by atoms with E-state index in [4.69, 9.17) is 14.1 Å². The van der Waals surface area contributed by atoms with E-state index < -0.39 is 9.17 Å². The van der Waals surface area contributed by atoms with Crippen molar-refractivity contribution in [2.45, 2.75) is 0 Å². The molecule has 0 rings (SSSR count). The molecular formula is H3K2O3Si+3. The van der Waals surface area contributed by atoms with Gasteiger partial charge in [-0.1, -0.05) is 0 Å². The van der Waals surface area contributed by atoms with Crippen LogP contribution in [0.5, 0.6) is 0 Å². The van der Waals surface area contributed by atoms with Gasteiger partial charge in [0.1, 0.15) is 0 Å². The van der Waals surface area contributed by atoms with Crippen molar-refractivity contribution in [1.29, 1.82) is 0 Å². The van der Waals surface area contributed by atoms with Gasteiger partial charge in [-0.3, -0.25) is 4.46 Å². The van der Waals surface area contributed by atoms with Crippen molar-refractivity contribution in [1.82, 2.24) is 0 Å². The largest absolute Gasteiger partial charge is 1.00 e. The summed E-state index contributed by atoms with van der Waals surface area (Å²) >= 11 is 0. The zero-order valence-electron chi connectivity index (χ0n) is 4.80. The molecule has 0 saturated carbocycles. The number of hydrogen-bond donors (Lipinski definition) is 2. The van der Waals surface area contributed by atoms with Crippen molar-refractivity contribution in [3.05, 3.63) is 0 Å².